The van der Waals surface area contributed by atoms with Crippen LogP contribution in [0.4, 0.5) is 4.79 Å². The van der Waals surface area contributed by atoms with E-state index in [2.05, 4.69) is 4.74 Å². The summed E-state index contributed by atoms with van der Waals surface area (Å²) in [5.41, 5.74) is 0. The number of hydrogen-bond donors (Lipinski definition) is 0. The molecule has 0 N–H and O–H groups in total. The zero-order valence-corrected chi connectivity index (χ0v) is 8.44. The van der Waals surface area contributed by atoms with E-state index in [4.69, 9.17) is 0 Å². The van der Waals surface area contributed by atoms with Gasteiger partial charge in [-0.3, -0.25) is 4.79 Å². The summed E-state index contributed by atoms with van der Waals surface area (Å²) < 4.78 is 4.40. The van der Waals surface area contributed by atoms with Crippen LogP contribution < -0.4 is 0 Å². The van der Waals surface area contributed by atoms with Crippen molar-refractivity contribution in [2.24, 2.45) is 5.92 Å². The summed E-state index contributed by atoms with van der Waals surface area (Å²) in [5, 5.41) is 0. The number of carbonyl (C=O) groups is 3. The summed E-state index contributed by atoms with van der Waals surface area (Å²) in [6.45, 7) is 4.94. The molecule has 0 aromatic rings. The van der Waals surface area contributed by atoms with Crippen LogP contribution in [0.1, 0.15) is 27.2 Å². The molecular weight excluding hydrogens is 186 g/mol. The van der Waals surface area contributed by atoms with Gasteiger partial charge in [-0.15, -0.1) is 0 Å². The number of ether oxygens (including phenoxy) is 1. The van der Waals surface area contributed by atoms with Crippen LogP contribution in [0.15, 0.2) is 0 Å². The Kier molecular flexibility index (Phi) is 2.88. The third-order valence-electron chi connectivity index (χ3n) is 2.43. The summed E-state index contributed by atoms with van der Waals surface area (Å²) >= 11 is 0. The molecule has 0 spiro atoms. The molecule has 5 nitrogen and oxygen atoms in total. The van der Waals surface area contributed by atoms with Gasteiger partial charge in [0.05, 0.1) is 0 Å². The van der Waals surface area contributed by atoms with Gasteiger partial charge in [-0.25, -0.2) is 14.5 Å². The molecule has 0 aromatic heterocycles. The molecule has 1 aliphatic heterocycles. The van der Waals surface area contributed by atoms with Crippen molar-refractivity contribution >= 4 is 18.0 Å². The Labute approximate surface area is 82.0 Å². The summed E-state index contributed by atoms with van der Waals surface area (Å²) in [6.07, 6.45) is -0.149. The third-order valence-corrected chi connectivity index (χ3v) is 2.43. The molecule has 2 atom stereocenters. The average Bonchev–Trinajstić information content (AvgIpc) is 2.39. The largest absolute Gasteiger partial charge is 0.425 e. The van der Waals surface area contributed by atoms with Gasteiger partial charge in [-0.2, -0.15) is 0 Å². The predicted octanol–water partition coefficient (Wildman–Crippen LogP) is 0.926. The minimum atomic E-state index is -0.854. The lowest BCUT2D eigenvalue weighted by molar-refractivity contribution is -0.139. The Morgan fingerprint density at radius 3 is 2.57 bits per heavy atom. The Hall–Kier alpha value is -1.39. The summed E-state index contributed by atoms with van der Waals surface area (Å²) in [6, 6.07) is -0.745. The minimum absolute atomic E-state index is 0.0714. The molecule has 14 heavy (non-hydrogen) atoms. The Morgan fingerprint density at radius 1 is 1.57 bits per heavy atom. The number of esters is 1. The van der Waals surface area contributed by atoms with Crippen LogP contribution in [0.2, 0.25) is 0 Å². The number of rotatable bonds is 2. The fourth-order valence-electron chi connectivity index (χ4n) is 1.45. The van der Waals surface area contributed by atoms with Gasteiger partial charge in [-0.05, 0) is 5.92 Å². The third kappa shape index (κ3) is 1.62. The maximum absolute atomic E-state index is 11.3. The summed E-state index contributed by atoms with van der Waals surface area (Å²) in [4.78, 5) is 34.4. The second kappa shape index (κ2) is 3.77. The molecule has 2 unspecified atom stereocenters. The van der Waals surface area contributed by atoms with E-state index < -0.39 is 24.0 Å². The van der Waals surface area contributed by atoms with E-state index in [0.29, 0.717) is 6.42 Å². The highest BCUT2D eigenvalue weighted by molar-refractivity contribution is 6.05. The number of hydrogen-bond acceptors (Lipinski definition) is 4. The average molecular weight is 199 g/mol. The smallest absolute Gasteiger partial charge is 0.374 e. The highest BCUT2D eigenvalue weighted by atomic mass is 16.6. The van der Waals surface area contributed by atoms with Crippen molar-refractivity contribution in [3.05, 3.63) is 0 Å². The van der Waals surface area contributed by atoms with E-state index in [-0.39, 0.29) is 5.92 Å². The molecule has 1 saturated heterocycles. The van der Waals surface area contributed by atoms with Crippen molar-refractivity contribution in [2.75, 3.05) is 0 Å². The fourth-order valence-corrected chi connectivity index (χ4v) is 1.45. The Morgan fingerprint density at radius 2 is 2.14 bits per heavy atom. The molecule has 1 aliphatic rings. The molecule has 5 heteroatoms. The lowest BCUT2D eigenvalue weighted by Gasteiger charge is -2.20. The van der Waals surface area contributed by atoms with Gasteiger partial charge in [0.25, 0.3) is 0 Å². The zero-order valence-electron chi connectivity index (χ0n) is 8.44. The topological polar surface area (TPSA) is 63.7 Å². The molecule has 0 aromatic carbocycles. The predicted molar refractivity (Wildman–Crippen MR) is 47.3 cm³/mol. The van der Waals surface area contributed by atoms with Crippen molar-refractivity contribution in [1.29, 1.82) is 0 Å². The first-order chi connectivity index (χ1) is 6.49. The first kappa shape index (κ1) is 10.7. The van der Waals surface area contributed by atoms with Crippen LogP contribution in [0, 0.1) is 5.92 Å². The van der Waals surface area contributed by atoms with Crippen LogP contribution in [0.3, 0.4) is 0 Å². The van der Waals surface area contributed by atoms with E-state index in [1.54, 1.807) is 6.92 Å². The number of carbonyl (C=O) groups excluding carboxylic acids is 3. The molecule has 1 rings (SSSR count). The van der Waals surface area contributed by atoms with Gasteiger partial charge in [0.2, 0.25) is 5.91 Å². The molecule has 0 radical (unpaired) electrons. The Balaban J connectivity index is 2.94. The second-order valence-electron chi connectivity index (χ2n) is 3.41. The maximum Gasteiger partial charge on any atom is 0.425 e. The van der Waals surface area contributed by atoms with Crippen LogP contribution in [-0.2, 0) is 14.3 Å². The first-order valence-corrected chi connectivity index (χ1v) is 4.54. The quantitative estimate of drug-likeness (QED) is 0.490. The molecule has 2 amide bonds. The second-order valence-corrected chi connectivity index (χ2v) is 3.41. The zero-order chi connectivity index (χ0) is 10.9. The van der Waals surface area contributed by atoms with E-state index >= 15 is 0 Å². The van der Waals surface area contributed by atoms with Crippen LogP contribution in [0.5, 0.6) is 0 Å². The van der Waals surface area contributed by atoms with Gasteiger partial charge >= 0.3 is 12.1 Å². The number of cyclic esters (lactones) is 2. The Bertz CT molecular complexity index is 287. The van der Waals surface area contributed by atoms with E-state index in [1.807, 2.05) is 6.92 Å². The van der Waals surface area contributed by atoms with Crippen LogP contribution >= 0.6 is 0 Å². The number of nitrogens with zero attached hydrogens (tertiary/aromatic N) is 1. The minimum Gasteiger partial charge on any atom is -0.374 e. The molecule has 0 bridgehead atoms. The molecule has 1 fully saturated rings. The van der Waals surface area contributed by atoms with Crippen molar-refractivity contribution in [3.8, 4) is 0 Å². The van der Waals surface area contributed by atoms with Crippen molar-refractivity contribution < 1.29 is 19.1 Å². The van der Waals surface area contributed by atoms with Gasteiger partial charge in [0.1, 0.15) is 6.04 Å². The van der Waals surface area contributed by atoms with Crippen molar-refractivity contribution in [1.82, 2.24) is 4.90 Å². The van der Waals surface area contributed by atoms with Crippen LogP contribution in [0.25, 0.3) is 0 Å². The summed E-state index contributed by atoms with van der Waals surface area (Å²) in [5.74, 6) is -1.15. The normalized spacial score (nSPS) is 23.6. The lowest BCUT2D eigenvalue weighted by atomic mass is 9.99. The molecule has 78 valence electrons. The van der Waals surface area contributed by atoms with Gasteiger partial charge < -0.3 is 4.74 Å². The van der Waals surface area contributed by atoms with Gasteiger partial charge in [-0.1, -0.05) is 20.3 Å². The monoisotopic (exact) mass is 199 g/mol. The van der Waals surface area contributed by atoms with E-state index in [0.717, 1.165) is 4.90 Å². The van der Waals surface area contributed by atoms with Crippen molar-refractivity contribution in [2.45, 2.75) is 33.2 Å². The first-order valence-electron chi connectivity index (χ1n) is 4.54. The van der Waals surface area contributed by atoms with E-state index in [9.17, 15) is 14.4 Å². The number of imide groups is 1. The lowest BCUT2D eigenvalue weighted by Crippen LogP contribution is -2.42. The molecule has 0 aliphatic carbocycles. The standard InChI is InChI=1S/C9H13NO4/c1-4-5(2)7-8(12)14-9(13)10(7)6(3)11/h5,7H,4H2,1-3H3. The van der Waals surface area contributed by atoms with Crippen LogP contribution in [-0.4, -0.2) is 28.9 Å². The SMILES string of the molecule is CCC(C)C1C(=O)OC(=O)N1C(C)=O. The fraction of sp³-hybridized carbons (Fsp3) is 0.667. The highest BCUT2D eigenvalue weighted by Crippen LogP contribution is 2.23. The molecular formula is C9H13NO4. The van der Waals surface area contributed by atoms with Crippen molar-refractivity contribution in [3.63, 3.8) is 0 Å². The molecule has 0 saturated carbocycles. The highest BCUT2D eigenvalue weighted by Gasteiger charge is 2.45. The van der Waals surface area contributed by atoms with E-state index in [1.165, 1.54) is 6.92 Å². The van der Waals surface area contributed by atoms with Gasteiger partial charge in [0, 0.05) is 6.92 Å². The maximum atomic E-state index is 11.3. The van der Waals surface area contributed by atoms with Gasteiger partial charge in [0.15, 0.2) is 0 Å². The summed E-state index contributed by atoms with van der Waals surface area (Å²) in [7, 11) is 0. The molecule has 1 heterocycles. The number of amides is 2.